The predicted octanol–water partition coefficient (Wildman–Crippen LogP) is 6.55. The van der Waals surface area contributed by atoms with Gasteiger partial charge in [0.05, 0.1) is 0 Å². The van der Waals surface area contributed by atoms with Gasteiger partial charge in [0.1, 0.15) is 0 Å². The number of hydrogen-bond acceptors (Lipinski definition) is 1. The first-order valence-corrected chi connectivity index (χ1v) is 15.4. The molecular formula is C15H29F5OSn. The molecule has 0 radical (unpaired) electrons. The zero-order valence-corrected chi connectivity index (χ0v) is 16.7. The molecule has 0 N–H and O–H groups in total. The summed E-state index contributed by atoms with van der Waals surface area (Å²) in [6.07, 6.45) is -0.198. The van der Waals surface area contributed by atoms with Gasteiger partial charge in [-0.05, 0) is 0 Å². The summed E-state index contributed by atoms with van der Waals surface area (Å²) in [6, 6.07) is 0. The zero-order chi connectivity index (χ0) is 17.3. The van der Waals surface area contributed by atoms with Crippen LogP contribution in [-0.4, -0.2) is 37.5 Å². The van der Waals surface area contributed by atoms with E-state index in [0.717, 1.165) is 51.8 Å². The maximum absolute atomic E-state index is 13.2. The average Bonchev–Trinajstić information content (AvgIpc) is 2.44. The van der Waals surface area contributed by atoms with E-state index in [1.807, 2.05) is 20.8 Å². The van der Waals surface area contributed by atoms with Gasteiger partial charge in [-0.1, -0.05) is 0 Å². The number of hydrogen-bond donors (Lipinski definition) is 0. The molecule has 0 unspecified atom stereocenters. The van der Waals surface area contributed by atoms with E-state index in [2.05, 4.69) is 0 Å². The summed E-state index contributed by atoms with van der Waals surface area (Å²) >= 11 is -3.39. The van der Waals surface area contributed by atoms with Crippen LogP contribution in [-0.2, 0) is 3.07 Å². The summed E-state index contributed by atoms with van der Waals surface area (Å²) in [4.78, 5) is 0. The minimum atomic E-state index is -5.52. The van der Waals surface area contributed by atoms with Crippen molar-refractivity contribution in [2.75, 3.05) is 6.61 Å². The minimum absolute atomic E-state index is 0.749. The molecule has 0 atom stereocenters. The fourth-order valence-electron chi connectivity index (χ4n) is 2.41. The molecule has 0 bridgehead atoms. The van der Waals surface area contributed by atoms with E-state index in [1.165, 1.54) is 0 Å². The standard InChI is InChI=1S/3C4H9.C3H2F5O.Sn/c3*1-3-4-2;4-2(5,1-9)3(6,7)8;/h3*1,3-4H2,2H3;1H2;/q;;;-1;+1. The second-order valence-electron chi connectivity index (χ2n) is 5.98. The molecule has 0 heterocycles. The van der Waals surface area contributed by atoms with Gasteiger partial charge in [0.2, 0.25) is 0 Å². The molecule has 22 heavy (non-hydrogen) atoms. The quantitative estimate of drug-likeness (QED) is 0.248. The molecule has 0 aliphatic rings. The van der Waals surface area contributed by atoms with Crippen LogP contribution >= 0.6 is 0 Å². The van der Waals surface area contributed by atoms with Crippen molar-refractivity contribution >= 4 is 18.8 Å². The maximum atomic E-state index is 13.2. The van der Waals surface area contributed by atoms with Crippen LogP contribution in [0.15, 0.2) is 0 Å². The van der Waals surface area contributed by atoms with E-state index in [-0.39, 0.29) is 0 Å². The third-order valence-corrected chi connectivity index (χ3v) is 16.9. The van der Waals surface area contributed by atoms with Crippen LogP contribution in [0.2, 0.25) is 13.3 Å². The van der Waals surface area contributed by atoms with Crippen molar-refractivity contribution in [3.05, 3.63) is 0 Å². The van der Waals surface area contributed by atoms with Gasteiger partial charge in [0, 0.05) is 0 Å². The number of unbranched alkanes of at least 4 members (excludes halogenated alkanes) is 3. The van der Waals surface area contributed by atoms with Crippen molar-refractivity contribution in [3.8, 4) is 0 Å². The average molecular weight is 439 g/mol. The van der Waals surface area contributed by atoms with E-state index in [1.54, 1.807) is 0 Å². The topological polar surface area (TPSA) is 9.23 Å². The molecule has 134 valence electrons. The Morgan fingerprint density at radius 2 is 1.09 bits per heavy atom. The molecule has 0 saturated heterocycles. The third kappa shape index (κ3) is 7.79. The van der Waals surface area contributed by atoms with Crippen LogP contribution in [0.25, 0.3) is 0 Å². The molecule has 0 aromatic rings. The van der Waals surface area contributed by atoms with Crippen molar-refractivity contribution in [2.24, 2.45) is 0 Å². The monoisotopic (exact) mass is 440 g/mol. The van der Waals surface area contributed by atoms with Gasteiger partial charge in [-0.15, -0.1) is 0 Å². The molecule has 1 nitrogen and oxygen atoms in total. The summed E-state index contributed by atoms with van der Waals surface area (Å²) in [5, 5.41) is 0. The van der Waals surface area contributed by atoms with Gasteiger partial charge >= 0.3 is 135 Å². The molecule has 0 amide bonds. The van der Waals surface area contributed by atoms with Crippen molar-refractivity contribution < 1.29 is 25.0 Å². The molecule has 0 spiro atoms. The molecule has 0 aliphatic carbocycles. The summed E-state index contributed by atoms with van der Waals surface area (Å²) in [5.41, 5.74) is 0. The van der Waals surface area contributed by atoms with E-state index in [0.29, 0.717) is 0 Å². The first-order valence-electron chi connectivity index (χ1n) is 8.22. The zero-order valence-electron chi connectivity index (χ0n) is 13.9. The Morgan fingerprint density at radius 1 is 0.727 bits per heavy atom. The van der Waals surface area contributed by atoms with Crippen LogP contribution in [0.5, 0.6) is 0 Å². The van der Waals surface area contributed by atoms with Crippen LogP contribution in [0.4, 0.5) is 22.0 Å². The van der Waals surface area contributed by atoms with Gasteiger partial charge in [0.15, 0.2) is 0 Å². The molecule has 0 rings (SSSR count). The molecule has 0 aromatic heterocycles. The number of rotatable bonds is 12. The Hall–Kier alpha value is 0.409. The van der Waals surface area contributed by atoms with Gasteiger partial charge in [-0.2, -0.15) is 0 Å². The van der Waals surface area contributed by atoms with E-state index < -0.39 is 37.5 Å². The molecule has 7 heteroatoms. The second-order valence-corrected chi connectivity index (χ2v) is 17.8. The first-order chi connectivity index (χ1) is 10.1. The van der Waals surface area contributed by atoms with Crippen LogP contribution < -0.4 is 0 Å². The third-order valence-electron chi connectivity index (χ3n) is 3.93. The van der Waals surface area contributed by atoms with E-state index in [4.69, 9.17) is 3.07 Å². The van der Waals surface area contributed by atoms with Gasteiger partial charge in [-0.3, -0.25) is 0 Å². The Labute approximate surface area is 135 Å². The number of alkyl halides is 5. The number of halogens is 5. The molecule has 0 fully saturated rings. The fourth-order valence-corrected chi connectivity index (χ4v) is 15.7. The Kier molecular flexibility index (Phi) is 10.5. The van der Waals surface area contributed by atoms with Crippen LogP contribution in [0.3, 0.4) is 0 Å². The fraction of sp³-hybridized carbons (Fsp3) is 1.00. The Bertz CT molecular complexity index is 272. The summed E-state index contributed by atoms with van der Waals surface area (Å²) in [7, 11) is 0. The second kappa shape index (κ2) is 10.3. The Balaban J connectivity index is 4.99. The van der Waals surface area contributed by atoms with Crippen molar-refractivity contribution in [1.82, 2.24) is 0 Å². The molecule has 0 saturated carbocycles. The molecule has 0 aromatic carbocycles. The predicted molar refractivity (Wildman–Crippen MR) is 81.9 cm³/mol. The van der Waals surface area contributed by atoms with Gasteiger partial charge < -0.3 is 0 Å². The van der Waals surface area contributed by atoms with Gasteiger partial charge in [0.25, 0.3) is 0 Å². The summed E-state index contributed by atoms with van der Waals surface area (Å²) in [6.45, 7) is 4.52. The van der Waals surface area contributed by atoms with Gasteiger partial charge in [-0.25, -0.2) is 0 Å². The molecule has 0 aliphatic heterocycles. The normalized spacial score (nSPS) is 13.6. The first kappa shape index (κ1) is 22.4. The van der Waals surface area contributed by atoms with Crippen molar-refractivity contribution in [2.45, 2.75) is 84.7 Å². The van der Waals surface area contributed by atoms with E-state index >= 15 is 0 Å². The summed E-state index contributed by atoms with van der Waals surface area (Å²) in [5.74, 6) is -4.74. The van der Waals surface area contributed by atoms with Crippen LogP contribution in [0.1, 0.15) is 59.3 Å². The van der Waals surface area contributed by atoms with Crippen LogP contribution in [0, 0.1) is 0 Å². The molecular weight excluding hydrogens is 410 g/mol. The SMILES string of the molecule is CCC[CH2][Sn]([CH2]CCC)([CH2]CCC)[O]CC(F)(F)C(F)(F)F. The van der Waals surface area contributed by atoms with E-state index in [9.17, 15) is 22.0 Å². The Morgan fingerprint density at radius 3 is 1.36 bits per heavy atom. The summed E-state index contributed by atoms with van der Waals surface area (Å²) < 4.78 is 71.2. The van der Waals surface area contributed by atoms with Crippen molar-refractivity contribution in [3.63, 3.8) is 0 Å². The van der Waals surface area contributed by atoms with Crippen molar-refractivity contribution in [1.29, 1.82) is 0 Å².